The Bertz CT molecular complexity index is 537. The van der Waals surface area contributed by atoms with E-state index in [2.05, 4.69) is 6.58 Å². The van der Waals surface area contributed by atoms with Crippen LogP contribution in [-0.2, 0) is 15.9 Å². The van der Waals surface area contributed by atoms with Crippen LogP contribution in [0.2, 0.25) is 0 Å². The molecular weight excluding hydrogens is 245 g/mol. The van der Waals surface area contributed by atoms with Gasteiger partial charge < -0.3 is 0 Å². The minimum atomic E-state index is -4.54. The Morgan fingerprint density at radius 3 is 2.31 bits per heavy atom. The van der Waals surface area contributed by atoms with Crippen molar-refractivity contribution in [2.75, 3.05) is 0 Å². The molecule has 0 spiro atoms. The Hall–Kier alpha value is -1.34. The van der Waals surface area contributed by atoms with Crippen LogP contribution in [0.1, 0.15) is 11.1 Å². The molecule has 0 saturated heterocycles. The van der Waals surface area contributed by atoms with Gasteiger partial charge in [0.15, 0.2) is 17.5 Å². The first-order chi connectivity index (χ1) is 7.26. The van der Waals surface area contributed by atoms with Gasteiger partial charge in [-0.3, -0.25) is 4.55 Å². The van der Waals surface area contributed by atoms with Gasteiger partial charge in [0.1, 0.15) is 5.75 Å². The molecule has 1 aromatic rings. The van der Waals surface area contributed by atoms with Crippen LogP contribution in [0.15, 0.2) is 12.6 Å². The van der Waals surface area contributed by atoms with Crippen LogP contribution < -0.4 is 0 Å². The van der Waals surface area contributed by atoms with Crippen molar-refractivity contribution in [3.63, 3.8) is 0 Å². The van der Waals surface area contributed by atoms with Crippen molar-refractivity contribution in [3.05, 3.63) is 41.2 Å². The summed E-state index contributed by atoms with van der Waals surface area (Å²) in [7, 11) is -4.54. The minimum Gasteiger partial charge on any atom is -0.285 e. The zero-order chi connectivity index (χ0) is 12.5. The summed E-state index contributed by atoms with van der Waals surface area (Å²) in [6.45, 7) is 3.20. The average Bonchev–Trinajstić information content (AvgIpc) is 2.17. The molecule has 0 unspecified atom stereocenters. The van der Waals surface area contributed by atoms with Crippen molar-refractivity contribution in [1.29, 1.82) is 0 Å². The lowest BCUT2D eigenvalue weighted by molar-refractivity contribution is 0.439. The van der Waals surface area contributed by atoms with Crippen LogP contribution >= 0.6 is 0 Å². The molecule has 7 heteroatoms. The lowest BCUT2D eigenvalue weighted by atomic mass is 10.1. The molecule has 88 valence electrons. The second-order valence-electron chi connectivity index (χ2n) is 2.98. The number of hydrogen-bond donors (Lipinski definition) is 1. The highest BCUT2D eigenvalue weighted by atomic mass is 32.2. The fourth-order valence-corrected chi connectivity index (χ4v) is 1.82. The Morgan fingerprint density at radius 2 is 1.88 bits per heavy atom. The Morgan fingerprint density at radius 1 is 1.31 bits per heavy atom. The summed E-state index contributed by atoms with van der Waals surface area (Å²) in [6.07, 6.45) is 0.964. The van der Waals surface area contributed by atoms with Gasteiger partial charge in [-0.05, 0) is 11.6 Å². The first-order valence-corrected chi connectivity index (χ1v) is 5.61. The van der Waals surface area contributed by atoms with Crippen molar-refractivity contribution in [3.8, 4) is 0 Å². The zero-order valence-electron chi connectivity index (χ0n) is 7.87. The van der Waals surface area contributed by atoms with E-state index in [4.69, 9.17) is 4.55 Å². The summed E-state index contributed by atoms with van der Waals surface area (Å²) >= 11 is 0. The molecule has 0 aliphatic heterocycles. The van der Waals surface area contributed by atoms with Crippen LogP contribution in [0.4, 0.5) is 13.2 Å². The third kappa shape index (κ3) is 2.61. The number of halogens is 3. The average molecular weight is 252 g/mol. The fourth-order valence-electron chi connectivity index (χ4n) is 1.16. The van der Waals surface area contributed by atoms with Crippen molar-refractivity contribution in [1.82, 2.24) is 0 Å². The molecule has 1 aromatic carbocycles. The van der Waals surface area contributed by atoms with Gasteiger partial charge in [-0.1, -0.05) is 12.7 Å². The van der Waals surface area contributed by atoms with Crippen molar-refractivity contribution in [2.45, 2.75) is 5.75 Å². The molecule has 1 N–H and O–H groups in total. The van der Waals surface area contributed by atoms with Gasteiger partial charge in [0.2, 0.25) is 0 Å². The highest BCUT2D eigenvalue weighted by molar-refractivity contribution is 7.85. The normalized spacial score (nSPS) is 11.5. The van der Waals surface area contributed by atoms with Crippen LogP contribution in [0.5, 0.6) is 0 Å². The van der Waals surface area contributed by atoms with Gasteiger partial charge in [0, 0.05) is 5.56 Å². The maximum Gasteiger partial charge on any atom is 0.269 e. The second kappa shape index (κ2) is 4.26. The lowest BCUT2D eigenvalue weighted by Gasteiger charge is -2.07. The van der Waals surface area contributed by atoms with E-state index in [9.17, 15) is 21.6 Å². The molecule has 0 amide bonds. The lowest BCUT2D eigenvalue weighted by Crippen LogP contribution is -2.08. The molecule has 1 rings (SSSR count). The Balaban J connectivity index is 3.47. The van der Waals surface area contributed by atoms with Crippen LogP contribution in [0.25, 0.3) is 6.08 Å². The fraction of sp³-hybridized carbons (Fsp3) is 0.111. The molecular formula is C9H7F3O3S. The molecule has 0 fully saturated rings. The van der Waals surface area contributed by atoms with Gasteiger partial charge in [-0.25, -0.2) is 13.2 Å². The van der Waals surface area contributed by atoms with E-state index >= 15 is 0 Å². The first kappa shape index (κ1) is 12.7. The van der Waals surface area contributed by atoms with Crippen molar-refractivity contribution in [2.24, 2.45) is 0 Å². The van der Waals surface area contributed by atoms with Crippen LogP contribution in [0, 0.1) is 17.5 Å². The Kier molecular flexibility index (Phi) is 3.39. The summed E-state index contributed by atoms with van der Waals surface area (Å²) in [5.74, 6) is -6.03. The number of benzene rings is 1. The van der Waals surface area contributed by atoms with Crippen LogP contribution in [-0.4, -0.2) is 13.0 Å². The van der Waals surface area contributed by atoms with Gasteiger partial charge >= 0.3 is 0 Å². The Labute approximate surface area is 90.0 Å². The van der Waals surface area contributed by atoms with Crippen LogP contribution in [0.3, 0.4) is 0 Å². The predicted molar refractivity (Wildman–Crippen MR) is 51.7 cm³/mol. The predicted octanol–water partition coefficient (Wildman–Crippen LogP) is 2.13. The van der Waals surface area contributed by atoms with E-state index in [1.54, 1.807) is 0 Å². The molecule has 0 radical (unpaired) electrons. The van der Waals surface area contributed by atoms with E-state index in [1.807, 2.05) is 0 Å². The summed E-state index contributed by atoms with van der Waals surface area (Å²) in [5.41, 5.74) is -0.884. The van der Waals surface area contributed by atoms with E-state index in [-0.39, 0.29) is 5.56 Å². The molecule has 0 heterocycles. The van der Waals surface area contributed by atoms with E-state index in [0.717, 1.165) is 6.08 Å². The summed E-state index contributed by atoms with van der Waals surface area (Å²) < 4.78 is 68.4. The largest absolute Gasteiger partial charge is 0.285 e. The zero-order valence-corrected chi connectivity index (χ0v) is 8.69. The topological polar surface area (TPSA) is 54.4 Å². The highest BCUT2D eigenvalue weighted by Gasteiger charge is 2.21. The molecule has 3 nitrogen and oxygen atoms in total. The van der Waals surface area contributed by atoms with Gasteiger partial charge in [-0.15, -0.1) is 0 Å². The van der Waals surface area contributed by atoms with Gasteiger partial charge in [0.25, 0.3) is 10.1 Å². The van der Waals surface area contributed by atoms with Gasteiger partial charge in [0.05, 0.1) is 0 Å². The molecule has 0 saturated carbocycles. The summed E-state index contributed by atoms with van der Waals surface area (Å²) in [5, 5.41) is 0. The third-order valence-corrected chi connectivity index (χ3v) is 2.50. The van der Waals surface area contributed by atoms with Crippen molar-refractivity contribution >= 4 is 16.2 Å². The highest BCUT2D eigenvalue weighted by Crippen LogP contribution is 2.22. The van der Waals surface area contributed by atoms with Gasteiger partial charge in [-0.2, -0.15) is 8.42 Å². The summed E-state index contributed by atoms with van der Waals surface area (Å²) in [4.78, 5) is 0. The van der Waals surface area contributed by atoms with E-state index < -0.39 is 38.9 Å². The monoisotopic (exact) mass is 252 g/mol. The molecule has 0 aromatic heterocycles. The molecule has 0 aliphatic carbocycles. The minimum absolute atomic E-state index is 0.228. The third-order valence-electron chi connectivity index (χ3n) is 1.84. The molecule has 0 aliphatic rings. The van der Waals surface area contributed by atoms with E-state index in [0.29, 0.717) is 6.07 Å². The quantitative estimate of drug-likeness (QED) is 0.662. The number of hydrogen-bond acceptors (Lipinski definition) is 2. The first-order valence-electron chi connectivity index (χ1n) is 4.00. The maximum absolute atomic E-state index is 13.2. The standard InChI is InChI=1S/C9H7F3O3S/c1-2-5-3-7(10)9(12)8(11)6(5)4-16(13,14)15/h2-3H,1,4H2,(H,13,14,15). The molecule has 16 heavy (non-hydrogen) atoms. The SMILES string of the molecule is C=Cc1cc(F)c(F)c(F)c1CS(=O)(=O)O. The molecule has 0 bridgehead atoms. The summed E-state index contributed by atoms with van der Waals surface area (Å²) in [6, 6.07) is 0.603. The second-order valence-corrected chi connectivity index (χ2v) is 4.44. The molecule has 0 atom stereocenters. The van der Waals surface area contributed by atoms with E-state index in [1.165, 1.54) is 0 Å². The maximum atomic E-state index is 13.2. The number of rotatable bonds is 3. The smallest absolute Gasteiger partial charge is 0.269 e. The van der Waals surface area contributed by atoms with Crippen molar-refractivity contribution < 1.29 is 26.1 Å².